The van der Waals surface area contributed by atoms with Crippen LogP contribution < -0.4 is 0 Å². The van der Waals surface area contributed by atoms with Gasteiger partial charge < -0.3 is 9.84 Å². The number of aliphatic hydroxyl groups is 1. The van der Waals surface area contributed by atoms with E-state index in [1.807, 2.05) is 20.8 Å². The minimum absolute atomic E-state index is 0.378. The number of ether oxygens (including phenoxy) is 1. The second-order valence-corrected chi connectivity index (χ2v) is 4.86. The molecule has 1 heterocycles. The van der Waals surface area contributed by atoms with Crippen LogP contribution in [0.3, 0.4) is 0 Å². The Morgan fingerprint density at radius 1 is 1.50 bits per heavy atom. The molecule has 0 aliphatic carbocycles. The Morgan fingerprint density at radius 3 is 2.42 bits per heavy atom. The van der Waals surface area contributed by atoms with Crippen LogP contribution in [0.15, 0.2) is 0 Å². The zero-order valence-corrected chi connectivity index (χ0v) is 8.91. The topological polar surface area (TPSA) is 29.5 Å². The molecule has 0 aromatic rings. The van der Waals surface area contributed by atoms with E-state index in [1.54, 1.807) is 11.8 Å². The van der Waals surface area contributed by atoms with Gasteiger partial charge in [0.15, 0.2) is 0 Å². The molecule has 72 valence electrons. The van der Waals surface area contributed by atoms with Gasteiger partial charge in [0.05, 0.1) is 6.61 Å². The fraction of sp³-hybridized carbons (Fsp3) is 1.00. The summed E-state index contributed by atoms with van der Waals surface area (Å²) < 4.78 is 5.60. The first-order valence-electron chi connectivity index (χ1n) is 4.58. The Kier molecular flexibility index (Phi) is 3.07. The maximum absolute atomic E-state index is 10.2. The van der Waals surface area contributed by atoms with Gasteiger partial charge in [0.2, 0.25) is 0 Å². The van der Waals surface area contributed by atoms with Crippen molar-refractivity contribution in [2.75, 3.05) is 12.4 Å². The van der Waals surface area contributed by atoms with Crippen molar-refractivity contribution in [1.82, 2.24) is 0 Å². The third-order valence-corrected chi connectivity index (χ3v) is 4.27. The molecule has 0 saturated carbocycles. The molecule has 3 heteroatoms. The van der Waals surface area contributed by atoms with Crippen molar-refractivity contribution < 1.29 is 9.84 Å². The van der Waals surface area contributed by atoms with E-state index in [-0.39, 0.29) is 4.93 Å². The maximum Gasteiger partial charge on any atom is 0.139 e. The lowest BCUT2D eigenvalue weighted by molar-refractivity contribution is -0.115. The van der Waals surface area contributed by atoms with Crippen LogP contribution in [0.2, 0.25) is 0 Å². The maximum atomic E-state index is 10.2. The molecule has 12 heavy (non-hydrogen) atoms. The normalized spacial score (nSPS) is 31.0. The Bertz CT molecular complexity index is 147. The van der Waals surface area contributed by atoms with Crippen molar-refractivity contribution >= 4 is 11.8 Å². The highest BCUT2D eigenvalue weighted by Gasteiger charge is 2.48. The third kappa shape index (κ3) is 1.50. The first kappa shape index (κ1) is 10.4. The molecule has 1 unspecified atom stereocenters. The van der Waals surface area contributed by atoms with Gasteiger partial charge >= 0.3 is 0 Å². The Balaban J connectivity index is 2.75. The summed E-state index contributed by atoms with van der Waals surface area (Å²) in [5, 5.41) is 10.2. The first-order chi connectivity index (χ1) is 5.58. The van der Waals surface area contributed by atoms with Gasteiger partial charge in [0, 0.05) is 5.75 Å². The molecule has 1 atom stereocenters. The van der Waals surface area contributed by atoms with E-state index in [9.17, 15) is 5.11 Å². The zero-order chi connectivity index (χ0) is 9.24. The summed E-state index contributed by atoms with van der Waals surface area (Å²) in [5.41, 5.74) is -0.659. The Hall–Kier alpha value is 0.270. The molecule has 1 fully saturated rings. The Morgan fingerprint density at radius 2 is 2.08 bits per heavy atom. The SMILES string of the molecule is CCC(O)(CC)C1(C)OCCS1. The third-order valence-electron chi connectivity index (χ3n) is 2.85. The smallest absolute Gasteiger partial charge is 0.139 e. The Labute approximate surface area is 78.7 Å². The van der Waals surface area contributed by atoms with Crippen LogP contribution >= 0.6 is 11.8 Å². The van der Waals surface area contributed by atoms with Crippen LogP contribution in [0.1, 0.15) is 33.6 Å². The molecular formula is C9H18O2S. The van der Waals surface area contributed by atoms with Crippen molar-refractivity contribution in [3.63, 3.8) is 0 Å². The number of rotatable bonds is 3. The van der Waals surface area contributed by atoms with Crippen molar-refractivity contribution in [2.24, 2.45) is 0 Å². The van der Waals surface area contributed by atoms with Crippen molar-refractivity contribution in [1.29, 1.82) is 0 Å². The minimum Gasteiger partial charge on any atom is -0.386 e. The van der Waals surface area contributed by atoms with Crippen LogP contribution in [0, 0.1) is 0 Å². The molecule has 1 saturated heterocycles. The average Bonchev–Trinajstić information content (AvgIpc) is 2.52. The summed E-state index contributed by atoms with van der Waals surface area (Å²) in [6, 6.07) is 0. The summed E-state index contributed by atoms with van der Waals surface area (Å²) >= 11 is 1.73. The number of hydrogen-bond acceptors (Lipinski definition) is 3. The van der Waals surface area contributed by atoms with Crippen LogP contribution in [0.4, 0.5) is 0 Å². The minimum atomic E-state index is -0.659. The summed E-state index contributed by atoms with van der Waals surface area (Å²) in [5.74, 6) is 0.999. The molecule has 0 spiro atoms. The molecule has 2 nitrogen and oxygen atoms in total. The van der Waals surface area contributed by atoms with Gasteiger partial charge in [-0.2, -0.15) is 0 Å². The van der Waals surface area contributed by atoms with Gasteiger partial charge in [-0.15, -0.1) is 11.8 Å². The van der Waals surface area contributed by atoms with Gasteiger partial charge in [-0.05, 0) is 19.8 Å². The number of thioether (sulfide) groups is 1. The lowest BCUT2D eigenvalue weighted by Crippen LogP contribution is -2.48. The molecular weight excluding hydrogens is 172 g/mol. The van der Waals surface area contributed by atoms with Gasteiger partial charge in [0.1, 0.15) is 10.5 Å². The zero-order valence-electron chi connectivity index (χ0n) is 8.09. The fourth-order valence-corrected chi connectivity index (χ4v) is 2.96. The second kappa shape index (κ2) is 3.56. The van der Waals surface area contributed by atoms with Crippen LogP contribution in [-0.4, -0.2) is 28.0 Å². The van der Waals surface area contributed by atoms with Crippen LogP contribution in [0.25, 0.3) is 0 Å². The van der Waals surface area contributed by atoms with E-state index in [2.05, 4.69) is 0 Å². The van der Waals surface area contributed by atoms with E-state index >= 15 is 0 Å². The van der Waals surface area contributed by atoms with E-state index in [4.69, 9.17) is 4.74 Å². The standard InChI is InChI=1S/C9H18O2S/c1-4-9(10,5-2)8(3)11-6-7-12-8/h10H,4-7H2,1-3H3. The quantitative estimate of drug-likeness (QED) is 0.738. The predicted octanol–water partition coefficient (Wildman–Crippen LogP) is 2.02. The highest BCUT2D eigenvalue weighted by molar-refractivity contribution is 8.00. The van der Waals surface area contributed by atoms with Gasteiger partial charge in [-0.25, -0.2) is 0 Å². The molecule has 0 aromatic carbocycles. The van der Waals surface area contributed by atoms with Gasteiger partial charge in [0.25, 0.3) is 0 Å². The molecule has 0 aromatic heterocycles. The van der Waals surface area contributed by atoms with Gasteiger partial charge in [-0.1, -0.05) is 13.8 Å². The van der Waals surface area contributed by atoms with E-state index in [0.717, 1.165) is 25.2 Å². The molecule has 0 bridgehead atoms. The molecule has 0 amide bonds. The van der Waals surface area contributed by atoms with Crippen LogP contribution in [0.5, 0.6) is 0 Å². The van der Waals surface area contributed by atoms with Crippen molar-refractivity contribution in [3.05, 3.63) is 0 Å². The summed E-state index contributed by atoms with van der Waals surface area (Å²) in [7, 11) is 0. The van der Waals surface area contributed by atoms with E-state index in [1.165, 1.54) is 0 Å². The van der Waals surface area contributed by atoms with E-state index in [0.29, 0.717) is 0 Å². The lowest BCUT2D eigenvalue weighted by Gasteiger charge is -2.39. The largest absolute Gasteiger partial charge is 0.386 e. The molecule has 1 aliphatic rings. The first-order valence-corrected chi connectivity index (χ1v) is 5.57. The monoisotopic (exact) mass is 190 g/mol. The lowest BCUT2D eigenvalue weighted by atomic mass is 9.91. The van der Waals surface area contributed by atoms with E-state index < -0.39 is 5.60 Å². The summed E-state index contributed by atoms with van der Waals surface area (Å²) in [6.07, 6.45) is 1.51. The molecule has 1 aliphatic heterocycles. The summed E-state index contributed by atoms with van der Waals surface area (Å²) in [6.45, 7) is 6.79. The van der Waals surface area contributed by atoms with Gasteiger partial charge in [-0.3, -0.25) is 0 Å². The van der Waals surface area contributed by atoms with Crippen molar-refractivity contribution in [3.8, 4) is 0 Å². The molecule has 1 N–H and O–H groups in total. The highest BCUT2D eigenvalue weighted by Crippen LogP contribution is 2.44. The highest BCUT2D eigenvalue weighted by atomic mass is 32.2. The average molecular weight is 190 g/mol. The second-order valence-electron chi connectivity index (χ2n) is 3.38. The summed E-state index contributed by atoms with van der Waals surface area (Å²) in [4.78, 5) is -0.378. The number of hydrogen-bond donors (Lipinski definition) is 1. The predicted molar refractivity (Wildman–Crippen MR) is 52.3 cm³/mol. The molecule has 0 radical (unpaired) electrons. The fourth-order valence-electron chi connectivity index (χ4n) is 1.68. The van der Waals surface area contributed by atoms with Crippen molar-refractivity contribution in [2.45, 2.75) is 44.1 Å². The van der Waals surface area contributed by atoms with Crippen LogP contribution in [-0.2, 0) is 4.74 Å². The molecule has 1 rings (SSSR count).